The predicted molar refractivity (Wildman–Crippen MR) is 50.9 cm³/mol. The zero-order chi connectivity index (χ0) is 8.55. The molecule has 2 heteroatoms. The van der Waals surface area contributed by atoms with Crippen LogP contribution in [-0.2, 0) is 0 Å². The number of nitrogens with one attached hydrogen (secondary N) is 1. The first kappa shape index (κ1) is 8.52. The van der Waals surface area contributed by atoms with Crippen molar-refractivity contribution >= 4 is 0 Å². The Hall–Kier alpha value is -0.0800. The fourth-order valence-electron chi connectivity index (χ4n) is 2.14. The summed E-state index contributed by atoms with van der Waals surface area (Å²) in [5.74, 6) is 0.931. The molecule has 0 spiro atoms. The van der Waals surface area contributed by atoms with Gasteiger partial charge in [0.1, 0.15) is 0 Å². The van der Waals surface area contributed by atoms with Gasteiger partial charge in [-0.25, -0.2) is 0 Å². The molecule has 2 nitrogen and oxygen atoms in total. The maximum atomic E-state index is 5.84. The summed E-state index contributed by atoms with van der Waals surface area (Å²) in [6, 6.07) is 2.10. The van der Waals surface area contributed by atoms with Crippen molar-refractivity contribution in [3.05, 3.63) is 0 Å². The van der Waals surface area contributed by atoms with E-state index in [4.69, 9.17) is 5.73 Å². The molecule has 0 aromatic carbocycles. The molecule has 0 heterocycles. The second kappa shape index (κ2) is 3.35. The Balaban J connectivity index is 1.68. The van der Waals surface area contributed by atoms with E-state index in [1.165, 1.54) is 32.1 Å². The zero-order valence-electron chi connectivity index (χ0n) is 7.92. The van der Waals surface area contributed by atoms with Gasteiger partial charge in [0.2, 0.25) is 0 Å². The van der Waals surface area contributed by atoms with Crippen LogP contribution >= 0.6 is 0 Å². The minimum absolute atomic E-state index is 0.486. The van der Waals surface area contributed by atoms with Crippen LogP contribution in [0.3, 0.4) is 0 Å². The molecule has 2 aliphatic rings. The summed E-state index contributed by atoms with van der Waals surface area (Å²) in [4.78, 5) is 0. The predicted octanol–water partition coefficient (Wildman–Crippen LogP) is 1.25. The van der Waals surface area contributed by atoms with Crippen molar-refractivity contribution in [3.63, 3.8) is 0 Å². The molecule has 12 heavy (non-hydrogen) atoms. The highest BCUT2D eigenvalue weighted by atomic mass is 15.0. The quantitative estimate of drug-likeness (QED) is 0.651. The number of nitrogens with two attached hydrogens (primary N) is 1. The van der Waals surface area contributed by atoms with Crippen molar-refractivity contribution in [2.45, 2.75) is 57.2 Å². The molecule has 2 rings (SSSR count). The Morgan fingerprint density at radius 1 is 1.17 bits per heavy atom. The molecule has 2 saturated carbocycles. The molecule has 2 atom stereocenters. The molecule has 0 aliphatic heterocycles. The summed E-state index contributed by atoms with van der Waals surface area (Å²) >= 11 is 0. The average Bonchev–Trinajstić information content (AvgIpc) is 2.72. The average molecular weight is 168 g/mol. The first-order chi connectivity index (χ1) is 5.75. The minimum Gasteiger partial charge on any atom is -0.328 e. The van der Waals surface area contributed by atoms with Crippen LogP contribution in [0, 0.1) is 5.92 Å². The highest BCUT2D eigenvalue weighted by Crippen LogP contribution is 2.31. The van der Waals surface area contributed by atoms with Crippen LogP contribution in [0.1, 0.15) is 39.0 Å². The molecule has 3 N–H and O–H groups in total. The Labute approximate surface area is 74.9 Å². The molecular formula is C10H20N2. The van der Waals surface area contributed by atoms with E-state index in [0.29, 0.717) is 6.04 Å². The molecule has 0 unspecified atom stereocenters. The van der Waals surface area contributed by atoms with Gasteiger partial charge in [0.05, 0.1) is 0 Å². The van der Waals surface area contributed by atoms with Gasteiger partial charge in [-0.3, -0.25) is 0 Å². The van der Waals surface area contributed by atoms with Gasteiger partial charge in [0, 0.05) is 18.1 Å². The summed E-state index contributed by atoms with van der Waals surface area (Å²) in [6.07, 6.45) is 6.43. The highest BCUT2D eigenvalue weighted by molar-refractivity contribution is 4.93. The Morgan fingerprint density at radius 3 is 2.25 bits per heavy atom. The molecule has 0 saturated heterocycles. The van der Waals surface area contributed by atoms with Crippen LogP contribution < -0.4 is 11.1 Å². The van der Waals surface area contributed by atoms with E-state index in [0.717, 1.165) is 18.0 Å². The van der Waals surface area contributed by atoms with E-state index in [-0.39, 0.29) is 0 Å². The lowest BCUT2D eigenvalue weighted by atomic mass is 9.92. The van der Waals surface area contributed by atoms with E-state index >= 15 is 0 Å². The monoisotopic (exact) mass is 168 g/mol. The Kier molecular flexibility index (Phi) is 2.37. The highest BCUT2D eigenvalue weighted by Gasteiger charge is 2.34. The minimum atomic E-state index is 0.486. The first-order valence-electron chi connectivity index (χ1n) is 5.27. The van der Waals surface area contributed by atoms with Crippen molar-refractivity contribution in [1.82, 2.24) is 5.32 Å². The van der Waals surface area contributed by atoms with Gasteiger partial charge >= 0.3 is 0 Å². The van der Waals surface area contributed by atoms with Crippen LogP contribution in [0.25, 0.3) is 0 Å². The topological polar surface area (TPSA) is 38.0 Å². The van der Waals surface area contributed by atoms with Crippen LogP contribution in [0.15, 0.2) is 0 Å². The third-order valence-corrected chi connectivity index (χ3v) is 3.33. The second-order valence-electron chi connectivity index (χ2n) is 4.60. The summed E-state index contributed by atoms with van der Waals surface area (Å²) in [5, 5.41) is 3.71. The normalized spacial score (nSPS) is 47.5. The van der Waals surface area contributed by atoms with Crippen LogP contribution in [0.2, 0.25) is 0 Å². The van der Waals surface area contributed by atoms with Gasteiger partial charge in [-0.15, -0.1) is 0 Å². The van der Waals surface area contributed by atoms with Crippen LogP contribution in [0.4, 0.5) is 0 Å². The van der Waals surface area contributed by atoms with Crippen LogP contribution in [-0.4, -0.2) is 18.1 Å². The zero-order valence-corrected chi connectivity index (χ0v) is 7.92. The third kappa shape index (κ3) is 1.99. The van der Waals surface area contributed by atoms with E-state index in [1.54, 1.807) is 0 Å². The van der Waals surface area contributed by atoms with Crippen molar-refractivity contribution in [2.24, 2.45) is 11.7 Å². The van der Waals surface area contributed by atoms with E-state index < -0.39 is 0 Å². The Bertz CT molecular complexity index is 150. The summed E-state index contributed by atoms with van der Waals surface area (Å²) in [5.41, 5.74) is 5.84. The molecule has 0 amide bonds. The molecule has 2 aliphatic carbocycles. The maximum absolute atomic E-state index is 5.84. The number of hydrogen-bond donors (Lipinski definition) is 2. The van der Waals surface area contributed by atoms with Crippen molar-refractivity contribution in [1.29, 1.82) is 0 Å². The molecule has 0 aromatic heterocycles. The van der Waals surface area contributed by atoms with E-state index in [2.05, 4.69) is 12.2 Å². The first-order valence-corrected chi connectivity index (χ1v) is 5.27. The maximum Gasteiger partial charge on any atom is 0.00989 e. The summed E-state index contributed by atoms with van der Waals surface area (Å²) in [6.45, 7) is 2.33. The van der Waals surface area contributed by atoms with Crippen molar-refractivity contribution < 1.29 is 0 Å². The largest absolute Gasteiger partial charge is 0.328 e. The van der Waals surface area contributed by atoms with Gasteiger partial charge < -0.3 is 11.1 Å². The fraction of sp³-hybridized carbons (Fsp3) is 1.00. The van der Waals surface area contributed by atoms with E-state index in [9.17, 15) is 0 Å². The Morgan fingerprint density at radius 2 is 1.75 bits per heavy atom. The van der Waals surface area contributed by atoms with Crippen molar-refractivity contribution in [3.8, 4) is 0 Å². The second-order valence-corrected chi connectivity index (χ2v) is 4.60. The standard InChI is InChI=1S/C10H20N2/c1-7-6-10(7)12-9-4-2-8(11)3-5-9/h7-10,12H,2-6,11H2,1H3/t7-,8?,9?,10-/m1/s1. The third-order valence-electron chi connectivity index (χ3n) is 3.33. The SMILES string of the molecule is C[C@@H]1C[C@H]1NC1CCC(N)CC1. The van der Waals surface area contributed by atoms with E-state index in [1.807, 2.05) is 0 Å². The molecule has 2 fully saturated rings. The molecule has 0 aromatic rings. The lowest BCUT2D eigenvalue weighted by Crippen LogP contribution is -2.38. The summed E-state index contributed by atoms with van der Waals surface area (Å²) < 4.78 is 0. The summed E-state index contributed by atoms with van der Waals surface area (Å²) in [7, 11) is 0. The van der Waals surface area contributed by atoms with Gasteiger partial charge in [-0.05, 0) is 38.0 Å². The van der Waals surface area contributed by atoms with Gasteiger partial charge in [-0.2, -0.15) is 0 Å². The lowest BCUT2D eigenvalue weighted by Gasteiger charge is -2.27. The molecule has 0 radical (unpaired) electrons. The fourth-order valence-corrected chi connectivity index (χ4v) is 2.14. The van der Waals surface area contributed by atoms with Gasteiger partial charge in [0.15, 0.2) is 0 Å². The van der Waals surface area contributed by atoms with Crippen molar-refractivity contribution in [2.75, 3.05) is 0 Å². The smallest absolute Gasteiger partial charge is 0.00989 e. The molecule has 0 bridgehead atoms. The van der Waals surface area contributed by atoms with Gasteiger partial charge in [-0.1, -0.05) is 6.92 Å². The molecular weight excluding hydrogens is 148 g/mol. The van der Waals surface area contributed by atoms with Gasteiger partial charge in [0.25, 0.3) is 0 Å². The number of rotatable bonds is 2. The number of hydrogen-bond acceptors (Lipinski definition) is 2. The van der Waals surface area contributed by atoms with Crippen LogP contribution in [0.5, 0.6) is 0 Å². The lowest BCUT2D eigenvalue weighted by molar-refractivity contribution is 0.338. The molecule has 70 valence electrons.